The molecule has 122 valence electrons. The quantitative estimate of drug-likeness (QED) is 0.423. The zero-order valence-electron chi connectivity index (χ0n) is 13.2. The van der Waals surface area contributed by atoms with E-state index in [4.69, 9.17) is 23.7 Å². The van der Waals surface area contributed by atoms with E-state index in [1.54, 1.807) is 7.11 Å². The highest BCUT2D eigenvalue weighted by Crippen LogP contribution is 1.83. The monoisotopic (exact) mass is 293 g/mol. The lowest BCUT2D eigenvalue weighted by atomic mass is 10.4. The fourth-order valence-electron chi connectivity index (χ4n) is 1.32. The van der Waals surface area contributed by atoms with Crippen LogP contribution in [0.5, 0.6) is 0 Å². The van der Waals surface area contributed by atoms with E-state index < -0.39 is 0 Å². The van der Waals surface area contributed by atoms with E-state index in [1.165, 1.54) is 0 Å². The molecule has 0 aliphatic heterocycles. The molecule has 0 unspecified atom stereocenters. The summed E-state index contributed by atoms with van der Waals surface area (Å²) in [7, 11) is 1.65. The van der Waals surface area contributed by atoms with Crippen molar-refractivity contribution < 1.29 is 23.7 Å². The van der Waals surface area contributed by atoms with Crippen LogP contribution in [-0.4, -0.2) is 79.2 Å². The van der Waals surface area contributed by atoms with Crippen molar-refractivity contribution in [3.63, 3.8) is 0 Å². The first kappa shape index (κ1) is 19.8. The van der Waals surface area contributed by atoms with Gasteiger partial charge in [-0.3, -0.25) is 0 Å². The summed E-state index contributed by atoms with van der Waals surface area (Å²) in [6.07, 6.45) is 0. The van der Waals surface area contributed by atoms with Gasteiger partial charge < -0.3 is 29.0 Å². The van der Waals surface area contributed by atoms with E-state index in [1.807, 2.05) is 0 Å². The Hall–Kier alpha value is -0.240. The number of rotatable bonds is 16. The highest BCUT2D eigenvalue weighted by molar-refractivity contribution is 4.50. The second kappa shape index (κ2) is 16.8. The van der Waals surface area contributed by atoms with Crippen LogP contribution in [0, 0.1) is 0 Å². The first-order valence-electron chi connectivity index (χ1n) is 7.30. The number of nitrogens with one attached hydrogen (secondary N) is 1. The van der Waals surface area contributed by atoms with Gasteiger partial charge in [0.05, 0.1) is 59.5 Å². The minimum atomic E-state index is 0.505. The molecule has 0 amide bonds. The normalized spacial score (nSPS) is 11.4. The van der Waals surface area contributed by atoms with Crippen LogP contribution in [0.15, 0.2) is 0 Å². The van der Waals surface area contributed by atoms with Crippen LogP contribution >= 0.6 is 0 Å². The van der Waals surface area contributed by atoms with Gasteiger partial charge in [0.2, 0.25) is 0 Å². The van der Waals surface area contributed by atoms with Crippen molar-refractivity contribution in [3.05, 3.63) is 0 Å². The predicted molar refractivity (Wildman–Crippen MR) is 78.3 cm³/mol. The van der Waals surface area contributed by atoms with Crippen molar-refractivity contribution >= 4 is 0 Å². The molecule has 0 aliphatic rings. The Bertz CT molecular complexity index is 181. The van der Waals surface area contributed by atoms with Crippen LogP contribution in [0.4, 0.5) is 0 Å². The Balaban J connectivity index is 2.92. The van der Waals surface area contributed by atoms with Crippen molar-refractivity contribution in [1.29, 1.82) is 0 Å². The molecule has 0 radical (unpaired) electrons. The second-order valence-electron chi connectivity index (χ2n) is 4.55. The van der Waals surface area contributed by atoms with E-state index in [0.717, 1.165) is 13.2 Å². The van der Waals surface area contributed by atoms with Gasteiger partial charge in [-0.15, -0.1) is 0 Å². The number of methoxy groups -OCH3 is 1. The van der Waals surface area contributed by atoms with Crippen LogP contribution in [-0.2, 0) is 23.7 Å². The summed E-state index contributed by atoms with van der Waals surface area (Å²) in [5, 5.41) is 3.28. The van der Waals surface area contributed by atoms with Gasteiger partial charge in [-0.2, -0.15) is 0 Å². The molecular formula is C14H31NO5. The van der Waals surface area contributed by atoms with Crippen LogP contribution in [0.3, 0.4) is 0 Å². The number of hydrogen-bond acceptors (Lipinski definition) is 6. The Morgan fingerprint density at radius 1 is 0.650 bits per heavy atom. The SMILES string of the molecule is COCCOCCOCCOCCOCCNC(C)C. The van der Waals surface area contributed by atoms with Crippen molar-refractivity contribution in [2.75, 3.05) is 73.1 Å². The van der Waals surface area contributed by atoms with E-state index >= 15 is 0 Å². The lowest BCUT2D eigenvalue weighted by Crippen LogP contribution is -2.27. The molecule has 0 bridgehead atoms. The van der Waals surface area contributed by atoms with Crippen molar-refractivity contribution in [3.8, 4) is 0 Å². The summed E-state index contributed by atoms with van der Waals surface area (Å²) in [4.78, 5) is 0. The summed E-state index contributed by atoms with van der Waals surface area (Å²) >= 11 is 0. The maximum Gasteiger partial charge on any atom is 0.0701 e. The molecule has 0 atom stereocenters. The minimum absolute atomic E-state index is 0.505. The van der Waals surface area contributed by atoms with Crippen molar-refractivity contribution in [1.82, 2.24) is 5.32 Å². The maximum absolute atomic E-state index is 5.41. The molecule has 0 saturated heterocycles. The second-order valence-corrected chi connectivity index (χ2v) is 4.55. The standard InChI is InChI=1S/C14H31NO5/c1-14(2)15-4-5-17-8-9-19-12-13-20-11-10-18-7-6-16-3/h14-15H,4-13H2,1-3H3. The third kappa shape index (κ3) is 17.8. The molecule has 0 aromatic heterocycles. The van der Waals surface area contributed by atoms with Crippen LogP contribution < -0.4 is 5.32 Å². The Morgan fingerprint density at radius 2 is 1.05 bits per heavy atom. The maximum atomic E-state index is 5.41. The smallest absolute Gasteiger partial charge is 0.0701 e. The average Bonchev–Trinajstić information content (AvgIpc) is 2.43. The van der Waals surface area contributed by atoms with E-state index in [-0.39, 0.29) is 0 Å². The van der Waals surface area contributed by atoms with E-state index in [2.05, 4.69) is 19.2 Å². The molecule has 0 aromatic rings. The zero-order chi connectivity index (χ0) is 14.9. The van der Waals surface area contributed by atoms with Gasteiger partial charge in [0.15, 0.2) is 0 Å². The summed E-state index contributed by atoms with van der Waals surface area (Å²) in [5.41, 5.74) is 0. The first-order chi connectivity index (χ1) is 9.77. The predicted octanol–water partition coefficient (Wildman–Crippen LogP) is 0.697. The molecule has 0 spiro atoms. The largest absolute Gasteiger partial charge is 0.382 e. The Morgan fingerprint density at radius 3 is 1.45 bits per heavy atom. The van der Waals surface area contributed by atoms with Crippen molar-refractivity contribution in [2.45, 2.75) is 19.9 Å². The molecular weight excluding hydrogens is 262 g/mol. The van der Waals surface area contributed by atoms with Gasteiger partial charge in [0.25, 0.3) is 0 Å². The third-order valence-electron chi connectivity index (χ3n) is 2.35. The molecule has 1 N–H and O–H groups in total. The fourth-order valence-corrected chi connectivity index (χ4v) is 1.32. The van der Waals surface area contributed by atoms with Crippen LogP contribution in [0.25, 0.3) is 0 Å². The Kier molecular flexibility index (Phi) is 16.6. The number of ether oxygens (including phenoxy) is 5. The average molecular weight is 293 g/mol. The molecule has 0 heterocycles. The summed E-state index contributed by atoms with van der Waals surface area (Å²) in [6, 6.07) is 0.505. The van der Waals surface area contributed by atoms with Gasteiger partial charge in [0, 0.05) is 19.7 Å². The van der Waals surface area contributed by atoms with Crippen LogP contribution in [0.2, 0.25) is 0 Å². The van der Waals surface area contributed by atoms with Gasteiger partial charge >= 0.3 is 0 Å². The molecule has 6 heteroatoms. The zero-order valence-corrected chi connectivity index (χ0v) is 13.2. The molecule has 20 heavy (non-hydrogen) atoms. The topological polar surface area (TPSA) is 58.2 Å². The first-order valence-corrected chi connectivity index (χ1v) is 7.30. The summed E-state index contributed by atoms with van der Waals surface area (Å²) in [5.74, 6) is 0. The molecule has 0 rings (SSSR count). The van der Waals surface area contributed by atoms with Gasteiger partial charge in [-0.05, 0) is 0 Å². The molecule has 0 aromatic carbocycles. The lowest BCUT2D eigenvalue weighted by Gasteiger charge is -2.09. The van der Waals surface area contributed by atoms with Gasteiger partial charge in [-0.1, -0.05) is 13.8 Å². The highest BCUT2D eigenvalue weighted by atomic mass is 16.6. The van der Waals surface area contributed by atoms with E-state index in [9.17, 15) is 0 Å². The van der Waals surface area contributed by atoms with Gasteiger partial charge in [-0.25, -0.2) is 0 Å². The lowest BCUT2D eigenvalue weighted by molar-refractivity contribution is -0.00755. The van der Waals surface area contributed by atoms with Gasteiger partial charge in [0.1, 0.15) is 0 Å². The highest BCUT2D eigenvalue weighted by Gasteiger charge is 1.94. The molecule has 6 nitrogen and oxygen atoms in total. The van der Waals surface area contributed by atoms with Crippen LogP contribution in [0.1, 0.15) is 13.8 Å². The summed E-state index contributed by atoms with van der Waals surface area (Å²) in [6.45, 7) is 10.6. The summed E-state index contributed by atoms with van der Waals surface area (Å²) < 4.78 is 26.2. The Labute approximate surface area is 123 Å². The number of hydrogen-bond donors (Lipinski definition) is 1. The fraction of sp³-hybridized carbons (Fsp3) is 1.00. The van der Waals surface area contributed by atoms with Crippen molar-refractivity contribution in [2.24, 2.45) is 0 Å². The third-order valence-corrected chi connectivity index (χ3v) is 2.35. The molecule has 0 fully saturated rings. The van der Waals surface area contributed by atoms with E-state index in [0.29, 0.717) is 58.9 Å². The minimum Gasteiger partial charge on any atom is -0.382 e. The molecule has 0 aliphatic carbocycles. The molecule has 0 saturated carbocycles.